The summed E-state index contributed by atoms with van der Waals surface area (Å²) in [6.07, 6.45) is -2.52. The normalized spacial score (nSPS) is 12.4. The highest BCUT2D eigenvalue weighted by Crippen LogP contribution is 2.15. The van der Waals surface area contributed by atoms with Crippen LogP contribution in [0, 0.1) is 0 Å². The van der Waals surface area contributed by atoms with Crippen molar-refractivity contribution in [3.05, 3.63) is 0 Å². The minimum Gasteiger partial charge on any atom is -0.370 e. The van der Waals surface area contributed by atoms with E-state index in [-0.39, 0.29) is 5.96 Å². The first-order valence-corrected chi connectivity index (χ1v) is 5.60. The fourth-order valence-electron chi connectivity index (χ4n) is 1.08. The van der Waals surface area contributed by atoms with Crippen LogP contribution in [0.15, 0.2) is 4.99 Å². The van der Waals surface area contributed by atoms with Crippen molar-refractivity contribution in [2.24, 2.45) is 10.7 Å². The molecule has 0 aromatic heterocycles. The maximum Gasteiger partial charge on any atom is 0.406 e. The van der Waals surface area contributed by atoms with E-state index in [0.29, 0.717) is 11.4 Å². The highest BCUT2D eigenvalue weighted by molar-refractivity contribution is 5.83. The molecule has 5 nitrogen and oxygen atoms in total. The van der Waals surface area contributed by atoms with Gasteiger partial charge in [-0.25, -0.2) is 4.99 Å². The second kappa shape index (κ2) is 7.78. The molecule has 0 atom stereocenters. The molecule has 8 heteroatoms. The van der Waals surface area contributed by atoms with Crippen LogP contribution >= 0.6 is 0 Å². The van der Waals surface area contributed by atoms with Crippen molar-refractivity contribution in [1.82, 2.24) is 10.2 Å². The number of aliphatic imine (C=N–C) groups is 1. The van der Waals surface area contributed by atoms with E-state index in [1.54, 1.807) is 0 Å². The second-order valence-corrected chi connectivity index (χ2v) is 3.85. The first-order valence-electron chi connectivity index (χ1n) is 5.60. The van der Waals surface area contributed by atoms with Crippen molar-refractivity contribution in [3.8, 4) is 0 Å². The van der Waals surface area contributed by atoms with Crippen molar-refractivity contribution in [3.63, 3.8) is 0 Å². The van der Waals surface area contributed by atoms with Crippen molar-refractivity contribution >= 4 is 11.9 Å². The van der Waals surface area contributed by atoms with E-state index in [2.05, 4.69) is 10.3 Å². The Bertz CT molecular complexity index is 291. The molecule has 0 aromatic rings. The van der Waals surface area contributed by atoms with Crippen LogP contribution in [-0.2, 0) is 4.79 Å². The molecule has 0 heterocycles. The van der Waals surface area contributed by atoms with Gasteiger partial charge in [-0.1, -0.05) is 13.3 Å². The van der Waals surface area contributed by atoms with E-state index < -0.39 is 25.2 Å². The van der Waals surface area contributed by atoms with Crippen LogP contribution in [-0.4, -0.2) is 49.6 Å². The van der Waals surface area contributed by atoms with E-state index in [1.165, 1.54) is 0 Å². The van der Waals surface area contributed by atoms with E-state index in [9.17, 15) is 18.0 Å². The molecule has 0 aliphatic rings. The fraction of sp³-hybridized carbons (Fsp3) is 0.800. The van der Waals surface area contributed by atoms with Gasteiger partial charge in [-0.3, -0.25) is 4.79 Å². The zero-order valence-electron chi connectivity index (χ0n) is 10.5. The van der Waals surface area contributed by atoms with Gasteiger partial charge < -0.3 is 16.0 Å². The van der Waals surface area contributed by atoms with E-state index >= 15 is 0 Å². The zero-order valence-corrected chi connectivity index (χ0v) is 10.5. The summed E-state index contributed by atoms with van der Waals surface area (Å²) >= 11 is 0. The molecule has 1 amide bonds. The van der Waals surface area contributed by atoms with Gasteiger partial charge in [-0.05, 0) is 6.42 Å². The number of halogens is 3. The number of amides is 1. The topological polar surface area (TPSA) is 70.7 Å². The molecule has 3 N–H and O–H groups in total. The number of carbonyl (C=O) groups excluding carboxylic acids is 1. The number of unbranched alkanes of at least 4 members (excludes halogenated alkanes) is 1. The summed E-state index contributed by atoms with van der Waals surface area (Å²) in [6, 6.07) is 0. The number of likely N-dealkylation sites (N-methyl/N-ethyl adjacent to an activating group) is 1. The second-order valence-electron chi connectivity index (χ2n) is 3.85. The van der Waals surface area contributed by atoms with Crippen LogP contribution in [0.3, 0.4) is 0 Å². The molecule has 0 unspecified atom stereocenters. The minimum absolute atomic E-state index is 0.0669. The average molecular weight is 268 g/mol. The number of carbonyl (C=O) groups is 1. The van der Waals surface area contributed by atoms with Crippen LogP contribution in [0.2, 0.25) is 0 Å². The van der Waals surface area contributed by atoms with Crippen LogP contribution in [0.5, 0.6) is 0 Å². The molecule has 0 rings (SSSR count). The van der Waals surface area contributed by atoms with Gasteiger partial charge in [0.1, 0.15) is 13.1 Å². The number of rotatable bonds is 6. The Morgan fingerprint density at radius 2 is 2.06 bits per heavy atom. The lowest BCUT2D eigenvalue weighted by molar-refractivity contribution is -0.157. The number of nitrogens with one attached hydrogen (secondary N) is 1. The zero-order chi connectivity index (χ0) is 14.2. The van der Waals surface area contributed by atoms with Crippen LogP contribution in [0.25, 0.3) is 0 Å². The summed E-state index contributed by atoms with van der Waals surface area (Å²) in [5, 5.41) is 2.76. The Balaban J connectivity index is 4.04. The molecule has 0 aliphatic heterocycles. The molecule has 18 heavy (non-hydrogen) atoms. The SMILES string of the molecule is CCCCNC(N)=NCC(=O)N(C)CC(F)(F)F. The molecule has 0 aromatic carbocycles. The van der Waals surface area contributed by atoms with Crippen molar-refractivity contribution < 1.29 is 18.0 Å². The molecule has 0 fully saturated rings. The Morgan fingerprint density at radius 3 is 2.56 bits per heavy atom. The van der Waals surface area contributed by atoms with Crippen LogP contribution in [0.1, 0.15) is 19.8 Å². The molecule has 0 aliphatic carbocycles. The predicted molar refractivity (Wildman–Crippen MR) is 63.1 cm³/mol. The van der Waals surface area contributed by atoms with Gasteiger partial charge in [-0.2, -0.15) is 13.2 Å². The predicted octanol–water partition coefficient (Wildman–Crippen LogP) is 0.711. The molecule has 0 bridgehead atoms. The Labute approximate surface area is 104 Å². The summed E-state index contributed by atoms with van der Waals surface area (Å²) in [4.78, 5) is 15.5. The molecular formula is C10H19F3N4O. The quantitative estimate of drug-likeness (QED) is 0.423. The monoisotopic (exact) mass is 268 g/mol. The first-order chi connectivity index (χ1) is 8.26. The third kappa shape index (κ3) is 8.66. The Morgan fingerprint density at radius 1 is 1.44 bits per heavy atom. The summed E-state index contributed by atoms with van der Waals surface area (Å²) < 4.78 is 36.0. The number of alkyl halides is 3. The number of nitrogens with zero attached hydrogens (tertiary/aromatic N) is 2. The minimum atomic E-state index is -4.40. The van der Waals surface area contributed by atoms with Gasteiger partial charge in [0.05, 0.1) is 0 Å². The highest BCUT2D eigenvalue weighted by Gasteiger charge is 2.30. The van der Waals surface area contributed by atoms with Gasteiger partial charge in [0.15, 0.2) is 5.96 Å². The number of guanidine groups is 1. The third-order valence-corrected chi connectivity index (χ3v) is 2.06. The lowest BCUT2D eigenvalue weighted by Crippen LogP contribution is -2.38. The molecular weight excluding hydrogens is 249 g/mol. The lowest BCUT2D eigenvalue weighted by Gasteiger charge is -2.17. The van der Waals surface area contributed by atoms with Gasteiger partial charge >= 0.3 is 6.18 Å². The smallest absolute Gasteiger partial charge is 0.370 e. The third-order valence-electron chi connectivity index (χ3n) is 2.06. The Kier molecular flexibility index (Phi) is 7.14. The maximum absolute atomic E-state index is 12.0. The summed E-state index contributed by atoms with van der Waals surface area (Å²) in [7, 11) is 1.08. The molecule has 0 spiro atoms. The van der Waals surface area contributed by atoms with Gasteiger partial charge in [0.25, 0.3) is 0 Å². The molecule has 0 radical (unpaired) electrons. The highest BCUT2D eigenvalue weighted by atomic mass is 19.4. The van der Waals surface area contributed by atoms with Gasteiger partial charge in [0.2, 0.25) is 5.91 Å². The maximum atomic E-state index is 12.0. The largest absolute Gasteiger partial charge is 0.406 e. The van der Waals surface area contributed by atoms with Crippen LogP contribution < -0.4 is 11.1 Å². The number of hydrogen-bond acceptors (Lipinski definition) is 2. The van der Waals surface area contributed by atoms with E-state index in [0.717, 1.165) is 19.9 Å². The fourth-order valence-corrected chi connectivity index (χ4v) is 1.08. The van der Waals surface area contributed by atoms with E-state index in [1.807, 2.05) is 6.92 Å². The average Bonchev–Trinajstić information content (AvgIpc) is 2.23. The Hall–Kier alpha value is -1.47. The summed E-state index contributed by atoms with van der Waals surface area (Å²) in [5.41, 5.74) is 5.44. The molecule has 0 saturated carbocycles. The summed E-state index contributed by atoms with van der Waals surface area (Å²) in [6.45, 7) is 0.950. The lowest BCUT2D eigenvalue weighted by atomic mass is 10.3. The van der Waals surface area contributed by atoms with Crippen molar-refractivity contribution in [1.29, 1.82) is 0 Å². The first kappa shape index (κ1) is 16.5. The number of hydrogen-bond donors (Lipinski definition) is 2. The van der Waals surface area contributed by atoms with Gasteiger partial charge in [0, 0.05) is 13.6 Å². The molecule has 106 valence electrons. The number of nitrogens with two attached hydrogens (primary N) is 1. The van der Waals surface area contributed by atoms with Gasteiger partial charge in [-0.15, -0.1) is 0 Å². The van der Waals surface area contributed by atoms with Crippen molar-refractivity contribution in [2.45, 2.75) is 25.9 Å². The molecule has 0 saturated heterocycles. The van der Waals surface area contributed by atoms with E-state index in [4.69, 9.17) is 5.73 Å². The van der Waals surface area contributed by atoms with Crippen LogP contribution in [0.4, 0.5) is 13.2 Å². The van der Waals surface area contributed by atoms with Crippen molar-refractivity contribution in [2.75, 3.05) is 26.7 Å². The summed E-state index contributed by atoms with van der Waals surface area (Å²) in [5.74, 6) is -0.662. The standard InChI is InChI=1S/C10H19F3N4O/c1-3-4-5-15-9(14)16-6-8(18)17(2)7-10(11,12)13/h3-7H2,1-2H3,(H3,14,15,16).